The maximum Gasteiger partial charge on any atom is 0.354 e. The Labute approximate surface area is 137 Å². The van der Waals surface area contributed by atoms with E-state index < -0.39 is 23.7 Å². The molecular weight excluding hydrogens is 325 g/mol. The molecule has 0 fully saturated rings. The molecule has 8 nitrogen and oxygen atoms in total. The lowest BCUT2D eigenvalue weighted by molar-refractivity contribution is -0.138. The number of hydrogen-bond donors (Lipinski definition) is 1. The highest BCUT2D eigenvalue weighted by molar-refractivity contribution is 6.03. The smallest absolute Gasteiger partial charge is 0.354 e. The number of esters is 3. The molecule has 1 aromatic carbocycles. The lowest BCUT2D eigenvalue weighted by Gasteiger charge is -2.16. The van der Waals surface area contributed by atoms with Crippen LogP contribution in [0.2, 0.25) is 0 Å². The zero-order chi connectivity index (χ0) is 18.3. The number of carbonyl (C=O) groups is 3. The lowest BCUT2D eigenvalue weighted by Crippen LogP contribution is -2.18. The van der Waals surface area contributed by atoms with Gasteiger partial charge >= 0.3 is 17.9 Å². The van der Waals surface area contributed by atoms with E-state index in [1.807, 2.05) is 0 Å². The van der Waals surface area contributed by atoms with E-state index in [0.717, 1.165) is 39.5 Å². The van der Waals surface area contributed by atoms with Crippen LogP contribution in [0.25, 0.3) is 0 Å². The molecule has 9 heteroatoms. The molecule has 0 aromatic heterocycles. The van der Waals surface area contributed by atoms with Crippen LogP contribution in [-0.4, -0.2) is 46.3 Å². The summed E-state index contributed by atoms with van der Waals surface area (Å²) in [6.07, 6.45) is 0.815. The molecule has 0 radical (unpaired) electrons. The maximum absolute atomic E-state index is 13.6. The van der Waals surface area contributed by atoms with Crippen molar-refractivity contribution in [2.45, 2.75) is 0 Å². The van der Waals surface area contributed by atoms with Gasteiger partial charge < -0.3 is 24.3 Å². The standard InChI is InChI=1S/C15H16FNO7/c1-21-11-6-8(16)5-9(14(19)23-3)13(11)17-10(15(20)24-4)7-12(18)22-2/h5-7,17H,1-4H3/b10-7+. The van der Waals surface area contributed by atoms with Crippen molar-refractivity contribution < 1.29 is 37.7 Å². The van der Waals surface area contributed by atoms with Crippen molar-refractivity contribution >= 4 is 23.6 Å². The predicted molar refractivity (Wildman–Crippen MR) is 80.0 cm³/mol. The summed E-state index contributed by atoms with van der Waals surface area (Å²) in [5.41, 5.74) is -0.667. The third kappa shape index (κ3) is 4.45. The summed E-state index contributed by atoms with van der Waals surface area (Å²) in [4.78, 5) is 35.0. The van der Waals surface area contributed by atoms with Crippen LogP contribution in [0.4, 0.5) is 10.1 Å². The van der Waals surface area contributed by atoms with Gasteiger partial charge in [0.1, 0.15) is 17.3 Å². The van der Waals surface area contributed by atoms with Crippen LogP contribution in [0.5, 0.6) is 5.75 Å². The van der Waals surface area contributed by atoms with Gasteiger partial charge in [-0.05, 0) is 6.07 Å². The van der Waals surface area contributed by atoms with Gasteiger partial charge in [0.2, 0.25) is 0 Å². The monoisotopic (exact) mass is 341 g/mol. The Hall–Kier alpha value is -3.10. The van der Waals surface area contributed by atoms with Crippen molar-refractivity contribution in [3.8, 4) is 5.75 Å². The molecule has 1 aromatic rings. The molecule has 130 valence electrons. The molecule has 0 atom stereocenters. The van der Waals surface area contributed by atoms with Gasteiger partial charge in [-0.3, -0.25) is 0 Å². The molecule has 1 N–H and O–H groups in total. The molecule has 0 saturated heterocycles. The Balaban J connectivity index is 3.46. The molecule has 0 bridgehead atoms. The van der Waals surface area contributed by atoms with Gasteiger partial charge in [-0.1, -0.05) is 0 Å². The molecule has 1 rings (SSSR count). The summed E-state index contributed by atoms with van der Waals surface area (Å²) in [6.45, 7) is 0. The highest BCUT2D eigenvalue weighted by Crippen LogP contribution is 2.31. The van der Waals surface area contributed by atoms with Gasteiger partial charge in [-0.15, -0.1) is 0 Å². The Morgan fingerprint density at radius 2 is 1.71 bits per heavy atom. The first-order chi connectivity index (χ1) is 11.4. The molecule has 24 heavy (non-hydrogen) atoms. The van der Waals surface area contributed by atoms with Crippen LogP contribution < -0.4 is 10.1 Å². The molecule has 0 amide bonds. The van der Waals surface area contributed by atoms with Crippen LogP contribution in [0.1, 0.15) is 10.4 Å². The number of halogens is 1. The van der Waals surface area contributed by atoms with Crippen molar-refractivity contribution in [1.82, 2.24) is 0 Å². The molecular formula is C15H16FNO7. The summed E-state index contributed by atoms with van der Waals surface area (Å²) in [6, 6.07) is 1.88. The number of ether oxygens (including phenoxy) is 4. The molecule has 0 aliphatic rings. The van der Waals surface area contributed by atoms with E-state index in [-0.39, 0.29) is 22.7 Å². The maximum atomic E-state index is 13.6. The average molecular weight is 341 g/mol. The molecule has 0 saturated carbocycles. The van der Waals surface area contributed by atoms with E-state index in [1.165, 1.54) is 7.11 Å². The van der Waals surface area contributed by atoms with E-state index in [0.29, 0.717) is 0 Å². The van der Waals surface area contributed by atoms with Crippen LogP contribution in [0.15, 0.2) is 23.9 Å². The Kier molecular flexibility index (Phi) is 6.72. The number of nitrogens with one attached hydrogen (secondary N) is 1. The summed E-state index contributed by atoms with van der Waals surface area (Å²) >= 11 is 0. The lowest BCUT2D eigenvalue weighted by atomic mass is 10.1. The van der Waals surface area contributed by atoms with Gasteiger partial charge in [0.05, 0.1) is 45.8 Å². The van der Waals surface area contributed by atoms with Crippen LogP contribution in [0.3, 0.4) is 0 Å². The predicted octanol–water partition coefficient (Wildman–Crippen LogP) is 1.26. The third-order valence-corrected chi connectivity index (χ3v) is 2.82. The minimum Gasteiger partial charge on any atom is -0.494 e. The zero-order valence-electron chi connectivity index (χ0n) is 13.5. The largest absolute Gasteiger partial charge is 0.494 e. The van der Waals surface area contributed by atoms with Crippen molar-refractivity contribution in [3.63, 3.8) is 0 Å². The fourth-order valence-corrected chi connectivity index (χ4v) is 1.71. The number of carbonyl (C=O) groups excluding carboxylic acids is 3. The topological polar surface area (TPSA) is 100 Å². The molecule has 0 aliphatic carbocycles. The fourth-order valence-electron chi connectivity index (χ4n) is 1.71. The molecule has 0 unspecified atom stereocenters. The van der Waals surface area contributed by atoms with E-state index in [9.17, 15) is 18.8 Å². The Morgan fingerprint density at radius 1 is 1.04 bits per heavy atom. The van der Waals surface area contributed by atoms with E-state index in [2.05, 4.69) is 19.5 Å². The summed E-state index contributed by atoms with van der Waals surface area (Å²) in [5, 5.41) is 2.52. The SMILES string of the molecule is COC(=O)/C=C(/Nc1c(OC)cc(F)cc1C(=O)OC)C(=O)OC. The second kappa shape index (κ2) is 8.51. The second-order valence-electron chi connectivity index (χ2n) is 4.22. The van der Waals surface area contributed by atoms with Crippen molar-refractivity contribution in [3.05, 3.63) is 35.3 Å². The Bertz CT molecular complexity index is 685. The van der Waals surface area contributed by atoms with Crippen molar-refractivity contribution in [2.75, 3.05) is 33.8 Å². The number of rotatable bonds is 6. The van der Waals surface area contributed by atoms with E-state index >= 15 is 0 Å². The number of anilines is 1. The average Bonchev–Trinajstić information content (AvgIpc) is 2.59. The highest BCUT2D eigenvalue weighted by atomic mass is 19.1. The van der Waals surface area contributed by atoms with Crippen molar-refractivity contribution in [1.29, 1.82) is 0 Å². The third-order valence-electron chi connectivity index (χ3n) is 2.82. The molecule has 0 heterocycles. The minimum atomic E-state index is -0.914. The van der Waals surface area contributed by atoms with Gasteiger partial charge in [0, 0.05) is 6.07 Å². The summed E-state index contributed by atoms with van der Waals surface area (Å²) < 4.78 is 32.2. The van der Waals surface area contributed by atoms with Crippen LogP contribution in [-0.2, 0) is 23.8 Å². The molecule has 0 aliphatic heterocycles. The van der Waals surface area contributed by atoms with Crippen molar-refractivity contribution in [2.24, 2.45) is 0 Å². The van der Waals surface area contributed by atoms with Gasteiger partial charge in [-0.2, -0.15) is 0 Å². The van der Waals surface area contributed by atoms with E-state index in [4.69, 9.17) is 4.74 Å². The summed E-state index contributed by atoms with van der Waals surface area (Å²) in [7, 11) is 4.56. The number of methoxy groups -OCH3 is 4. The van der Waals surface area contributed by atoms with Crippen LogP contribution >= 0.6 is 0 Å². The highest BCUT2D eigenvalue weighted by Gasteiger charge is 2.22. The number of benzene rings is 1. The number of hydrogen-bond acceptors (Lipinski definition) is 8. The first kappa shape index (κ1) is 18.9. The summed E-state index contributed by atoms with van der Waals surface area (Å²) in [5.74, 6) is -3.48. The first-order valence-corrected chi connectivity index (χ1v) is 6.48. The van der Waals surface area contributed by atoms with Gasteiger partial charge in [0.15, 0.2) is 0 Å². The zero-order valence-corrected chi connectivity index (χ0v) is 13.5. The van der Waals surface area contributed by atoms with Gasteiger partial charge in [-0.25, -0.2) is 18.8 Å². The quantitative estimate of drug-likeness (QED) is 0.469. The minimum absolute atomic E-state index is 0.0775. The fraction of sp³-hybridized carbons (Fsp3) is 0.267. The second-order valence-corrected chi connectivity index (χ2v) is 4.22. The first-order valence-electron chi connectivity index (χ1n) is 6.48. The van der Waals surface area contributed by atoms with Crippen LogP contribution in [0, 0.1) is 5.82 Å². The Morgan fingerprint density at radius 3 is 2.21 bits per heavy atom. The van der Waals surface area contributed by atoms with E-state index in [1.54, 1.807) is 0 Å². The van der Waals surface area contributed by atoms with Gasteiger partial charge in [0.25, 0.3) is 0 Å². The normalized spacial score (nSPS) is 10.6. The molecule has 0 spiro atoms.